The first-order valence-electron chi connectivity index (χ1n) is 9.26. The summed E-state index contributed by atoms with van der Waals surface area (Å²) in [5, 5.41) is 6.47. The minimum atomic E-state index is 0.0562. The van der Waals surface area contributed by atoms with E-state index in [0.717, 1.165) is 57.7 Å². The molecule has 1 atom stereocenters. The number of carbonyl (C=O) groups excluding carboxylic acids is 1. The minimum absolute atomic E-state index is 0.0562. The van der Waals surface area contributed by atoms with Gasteiger partial charge >= 0.3 is 0 Å². The number of nitrogens with one attached hydrogen (secondary N) is 2. The van der Waals surface area contributed by atoms with Crippen LogP contribution in [-0.4, -0.2) is 61.8 Å². The zero-order valence-corrected chi connectivity index (χ0v) is 15.3. The van der Waals surface area contributed by atoms with Gasteiger partial charge < -0.3 is 20.3 Å². The van der Waals surface area contributed by atoms with Crippen LogP contribution in [0, 0.1) is 5.92 Å². The Morgan fingerprint density at radius 1 is 1.36 bits per heavy atom. The number of hydrogen-bond donors (Lipinski definition) is 2. The molecule has 25 heavy (non-hydrogen) atoms. The number of methoxy groups -OCH3 is 1. The van der Waals surface area contributed by atoms with Crippen molar-refractivity contribution in [2.24, 2.45) is 5.92 Å². The van der Waals surface area contributed by atoms with E-state index in [0.29, 0.717) is 6.61 Å². The Bertz CT molecular complexity index is 587. The number of amides is 1. The van der Waals surface area contributed by atoms with E-state index in [-0.39, 0.29) is 17.9 Å². The smallest absolute Gasteiger partial charge is 0.223 e. The van der Waals surface area contributed by atoms with Gasteiger partial charge in [0.15, 0.2) is 0 Å². The summed E-state index contributed by atoms with van der Waals surface area (Å²) in [5.74, 6) is 1.30. The molecule has 1 saturated heterocycles. The van der Waals surface area contributed by atoms with Crippen molar-refractivity contribution in [3.63, 3.8) is 0 Å². The maximum atomic E-state index is 12.4. The molecule has 2 aliphatic heterocycles. The highest BCUT2D eigenvalue weighted by Gasteiger charge is 2.28. The lowest BCUT2D eigenvalue weighted by Gasteiger charge is -2.33. The molecule has 3 heterocycles. The SMILES string of the molecule is COC[C@H](C)NC(=O)C1CCN(c2ncnc3c2CCNCC3)CC1. The Labute approximate surface area is 149 Å². The molecule has 1 fully saturated rings. The fraction of sp³-hybridized carbons (Fsp3) is 0.722. The predicted octanol–water partition coefficient (Wildman–Crippen LogP) is 0.532. The Kier molecular flexibility index (Phi) is 6.20. The normalized spacial score (nSPS) is 19.8. The summed E-state index contributed by atoms with van der Waals surface area (Å²) >= 11 is 0. The van der Waals surface area contributed by atoms with Gasteiger partial charge in [-0.3, -0.25) is 4.79 Å². The molecule has 0 bridgehead atoms. The molecule has 2 aliphatic rings. The molecule has 1 aromatic rings. The zero-order chi connectivity index (χ0) is 17.6. The van der Waals surface area contributed by atoms with Crippen LogP contribution in [0.4, 0.5) is 5.82 Å². The van der Waals surface area contributed by atoms with E-state index in [1.165, 1.54) is 11.3 Å². The van der Waals surface area contributed by atoms with Gasteiger partial charge in [0, 0.05) is 50.7 Å². The lowest BCUT2D eigenvalue weighted by atomic mass is 9.95. The van der Waals surface area contributed by atoms with Gasteiger partial charge in [-0.25, -0.2) is 9.97 Å². The number of nitrogens with zero attached hydrogens (tertiary/aromatic N) is 3. The van der Waals surface area contributed by atoms with Crippen LogP contribution in [0.15, 0.2) is 6.33 Å². The minimum Gasteiger partial charge on any atom is -0.383 e. The average Bonchev–Trinajstić information content (AvgIpc) is 2.87. The molecule has 7 heteroatoms. The second-order valence-corrected chi connectivity index (χ2v) is 7.00. The number of piperidine rings is 1. The monoisotopic (exact) mass is 347 g/mol. The number of hydrogen-bond acceptors (Lipinski definition) is 6. The molecule has 1 aromatic heterocycles. The third-order valence-corrected chi connectivity index (χ3v) is 5.07. The van der Waals surface area contributed by atoms with Crippen LogP contribution in [0.25, 0.3) is 0 Å². The van der Waals surface area contributed by atoms with E-state index in [1.807, 2.05) is 6.92 Å². The molecule has 138 valence electrons. The van der Waals surface area contributed by atoms with Crippen molar-refractivity contribution in [1.82, 2.24) is 20.6 Å². The molecule has 0 saturated carbocycles. The molecular formula is C18H29N5O2. The van der Waals surface area contributed by atoms with Gasteiger partial charge in [-0.05, 0) is 32.7 Å². The number of anilines is 1. The Balaban J connectivity index is 1.60. The van der Waals surface area contributed by atoms with Crippen molar-refractivity contribution in [1.29, 1.82) is 0 Å². The highest BCUT2D eigenvalue weighted by atomic mass is 16.5. The second-order valence-electron chi connectivity index (χ2n) is 7.00. The molecule has 3 rings (SSSR count). The number of rotatable bonds is 5. The molecule has 2 N–H and O–H groups in total. The molecule has 0 aliphatic carbocycles. The van der Waals surface area contributed by atoms with Gasteiger partial charge in [-0.15, -0.1) is 0 Å². The van der Waals surface area contributed by atoms with Gasteiger partial charge in [0.05, 0.1) is 12.3 Å². The number of fused-ring (bicyclic) bond motifs is 1. The lowest BCUT2D eigenvalue weighted by Crippen LogP contribution is -2.44. The van der Waals surface area contributed by atoms with Crippen LogP contribution in [-0.2, 0) is 22.4 Å². The molecule has 0 radical (unpaired) electrons. The van der Waals surface area contributed by atoms with Crippen molar-refractivity contribution in [2.45, 2.75) is 38.6 Å². The van der Waals surface area contributed by atoms with Crippen molar-refractivity contribution in [3.05, 3.63) is 17.6 Å². The number of ether oxygens (including phenoxy) is 1. The van der Waals surface area contributed by atoms with Crippen molar-refractivity contribution in [3.8, 4) is 0 Å². The Morgan fingerprint density at radius 3 is 2.88 bits per heavy atom. The average molecular weight is 347 g/mol. The van der Waals surface area contributed by atoms with E-state index in [1.54, 1.807) is 13.4 Å². The summed E-state index contributed by atoms with van der Waals surface area (Å²) in [6.45, 7) is 6.21. The van der Waals surface area contributed by atoms with Crippen LogP contribution < -0.4 is 15.5 Å². The van der Waals surface area contributed by atoms with Gasteiger partial charge in [-0.2, -0.15) is 0 Å². The molecule has 7 nitrogen and oxygen atoms in total. The second kappa shape index (κ2) is 8.58. The van der Waals surface area contributed by atoms with E-state index in [4.69, 9.17) is 4.74 Å². The summed E-state index contributed by atoms with van der Waals surface area (Å²) < 4.78 is 5.09. The lowest BCUT2D eigenvalue weighted by molar-refractivity contribution is -0.126. The first-order chi connectivity index (χ1) is 12.2. The highest BCUT2D eigenvalue weighted by molar-refractivity contribution is 5.79. The first kappa shape index (κ1) is 18.1. The summed E-state index contributed by atoms with van der Waals surface area (Å²) in [5.41, 5.74) is 2.45. The maximum Gasteiger partial charge on any atom is 0.223 e. The van der Waals surface area contributed by atoms with Gasteiger partial charge in [0.2, 0.25) is 5.91 Å². The van der Waals surface area contributed by atoms with Crippen molar-refractivity contribution < 1.29 is 9.53 Å². The van der Waals surface area contributed by atoms with Crippen LogP contribution in [0.5, 0.6) is 0 Å². The molecular weight excluding hydrogens is 318 g/mol. The van der Waals surface area contributed by atoms with Crippen molar-refractivity contribution >= 4 is 11.7 Å². The van der Waals surface area contributed by atoms with Crippen molar-refractivity contribution in [2.75, 3.05) is 44.8 Å². The fourth-order valence-electron chi connectivity index (χ4n) is 3.73. The number of carbonyl (C=O) groups is 1. The van der Waals surface area contributed by atoms with Crippen LogP contribution in [0.1, 0.15) is 31.0 Å². The van der Waals surface area contributed by atoms with E-state index >= 15 is 0 Å². The van der Waals surface area contributed by atoms with E-state index in [9.17, 15) is 4.79 Å². The molecule has 0 spiro atoms. The summed E-state index contributed by atoms with van der Waals surface area (Å²) in [6, 6.07) is 0.0562. The summed E-state index contributed by atoms with van der Waals surface area (Å²) in [7, 11) is 1.65. The maximum absolute atomic E-state index is 12.4. The topological polar surface area (TPSA) is 79.4 Å². The van der Waals surface area contributed by atoms with Gasteiger partial charge in [0.25, 0.3) is 0 Å². The third-order valence-electron chi connectivity index (χ3n) is 5.07. The molecule has 0 aromatic carbocycles. The largest absolute Gasteiger partial charge is 0.383 e. The van der Waals surface area contributed by atoms with E-state index in [2.05, 4.69) is 25.5 Å². The first-order valence-corrected chi connectivity index (χ1v) is 9.26. The van der Waals surface area contributed by atoms with Gasteiger partial charge in [-0.1, -0.05) is 0 Å². The van der Waals surface area contributed by atoms with Crippen LogP contribution in [0.2, 0.25) is 0 Å². The number of aromatic nitrogens is 2. The predicted molar refractivity (Wildman–Crippen MR) is 96.7 cm³/mol. The van der Waals surface area contributed by atoms with E-state index < -0.39 is 0 Å². The molecule has 1 amide bonds. The Morgan fingerprint density at radius 2 is 2.12 bits per heavy atom. The van der Waals surface area contributed by atoms with Gasteiger partial charge in [0.1, 0.15) is 12.1 Å². The highest BCUT2D eigenvalue weighted by Crippen LogP contribution is 2.27. The third kappa shape index (κ3) is 4.46. The standard InChI is InChI=1S/C18H29N5O2/c1-13(11-25-2)22-18(24)14-5-9-23(10-6-14)17-15-3-7-19-8-4-16(15)20-12-21-17/h12-14,19H,3-11H2,1-2H3,(H,22,24)/t13-/m0/s1. The molecule has 0 unspecified atom stereocenters. The zero-order valence-electron chi connectivity index (χ0n) is 15.3. The quantitative estimate of drug-likeness (QED) is 0.809. The Hall–Kier alpha value is -1.73. The summed E-state index contributed by atoms with van der Waals surface area (Å²) in [4.78, 5) is 23.8. The summed E-state index contributed by atoms with van der Waals surface area (Å²) in [6.07, 6.45) is 5.34. The fourth-order valence-corrected chi connectivity index (χ4v) is 3.73. The van der Waals surface area contributed by atoms with Crippen LogP contribution in [0.3, 0.4) is 0 Å². The van der Waals surface area contributed by atoms with Crippen LogP contribution >= 0.6 is 0 Å².